The minimum atomic E-state index is 0.329. The van der Waals surface area contributed by atoms with E-state index in [9.17, 15) is 0 Å². The number of nitrogens with one attached hydrogen (secondary N) is 1. The maximum Gasteiger partial charge on any atom is 0.229 e. The molecule has 84 valence electrons. The van der Waals surface area contributed by atoms with Crippen LogP contribution in [0, 0.1) is 5.92 Å². The number of piperidine rings is 1. The van der Waals surface area contributed by atoms with Gasteiger partial charge in [0.15, 0.2) is 5.82 Å². The predicted molar refractivity (Wildman–Crippen MR) is 57.7 cm³/mol. The highest BCUT2D eigenvalue weighted by molar-refractivity contribution is 4.92. The molecule has 1 N–H and O–H groups in total. The van der Waals surface area contributed by atoms with Crippen LogP contribution >= 0.6 is 0 Å². The maximum atomic E-state index is 5.19. The Hall–Kier alpha value is -0.900. The lowest BCUT2D eigenvalue weighted by atomic mass is 9.96. The molecule has 4 heteroatoms. The average Bonchev–Trinajstić information content (AvgIpc) is 2.68. The van der Waals surface area contributed by atoms with E-state index >= 15 is 0 Å². The Morgan fingerprint density at radius 3 is 3.00 bits per heavy atom. The van der Waals surface area contributed by atoms with Gasteiger partial charge in [0.25, 0.3) is 0 Å². The van der Waals surface area contributed by atoms with Crippen molar-refractivity contribution in [3.63, 3.8) is 0 Å². The third kappa shape index (κ3) is 2.78. The van der Waals surface area contributed by atoms with Crippen LogP contribution < -0.4 is 5.32 Å². The second-order valence-electron chi connectivity index (χ2n) is 4.62. The maximum absolute atomic E-state index is 5.19. The molecule has 1 saturated heterocycles. The fraction of sp³-hybridized carbons (Fsp3) is 0.818. The van der Waals surface area contributed by atoms with Gasteiger partial charge in [0.2, 0.25) is 5.89 Å². The summed E-state index contributed by atoms with van der Waals surface area (Å²) in [5.74, 6) is 2.63. The molecule has 4 nitrogen and oxygen atoms in total. The number of rotatable bonds is 3. The van der Waals surface area contributed by atoms with E-state index < -0.39 is 0 Å². The molecule has 2 rings (SSSR count). The first-order chi connectivity index (χ1) is 7.25. The van der Waals surface area contributed by atoms with Crippen molar-refractivity contribution < 1.29 is 4.52 Å². The zero-order valence-electron chi connectivity index (χ0n) is 9.49. The van der Waals surface area contributed by atoms with Gasteiger partial charge in [0.1, 0.15) is 0 Å². The number of hydrogen-bond donors (Lipinski definition) is 1. The lowest BCUT2D eigenvalue weighted by Crippen LogP contribution is -2.31. The van der Waals surface area contributed by atoms with Crippen LogP contribution in [-0.2, 0) is 6.42 Å². The fourth-order valence-electron chi connectivity index (χ4n) is 1.94. The molecule has 0 radical (unpaired) electrons. The fourth-order valence-corrected chi connectivity index (χ4v) is 1.94. The highest BCUT2D eigenvalue weighted by Gasteiger charge is 2.17. The first kappa shape index (κ1) is 10.6. The van der Waals surface area contributed by atoms with E-state index in [4.69, 9.17) is 4.52 Å². The molecule has 0 spiro atoms. The van der Waals surface area contributed by atoms with Crippen molar-refractivity contribution in [3.05, 3.63) is 11.7 Å². The van der Waals surface area contributed by atoms with Gasteiger partial charge in [-0.3, -0.25) is 0 Å². The highest BCUT2D eigenvalue weighted by atomic mass is 16.5. The Balaban J connectivity index is 1.91. The molecule has 0 bridgehead atoms. The lowest BCUT2D eigenvalue weighted by molar-refractivity contribution is 0.344. The van der Waals surface area contributed by atoms with Gasteiger partial charge in [-0.1, -0.05) is 19.0 Å². The number of nitrogens with zero attached hydrogens (tertiary/aromatic N) is 2. The van der Waals surface area contributed by atoms with Crippen LogP contribution in [0.1, 0.15) is 44.3 Å². The summed E-state index contributed by atoms with van der Waals surface area (Å²) < 4.78 is 5.19. The molecule has 1 atom stereocenters. The van der Waals surface area contributed by atoms with Crippen LogP contribution in [0.5, 0.6) is 0 Å². The predicted octanol–water partition coefficient (Wildman–Crippen LogP) is 1.74. The van der Waals surface area contributed by atoms with Crippen LogP contribution in [0.3, 0.4) is 0 Å². The highest BCUT2D eigenvalue weighted by Crippen LogP contribution is 2.16. The summed E-state index contributed by atoms with van der Waals surface area (Å²) in [6, 6.07) is 0. The van der Waals surface area contributed by atoms with Crippen molar-refractivity contribution in [1.82, 2.24) is 15.5 Å². The van der Waals surface area contributed by atoms with Crippen molar-refractivity contribution in [2.24, 2.45) is 5.92 Å². The molecule has 1 fully saturated rings. The number of hydrogen-bond acceptors (Lipinski definition) is 4. The Bertz CT molecular complexity index is 303. The lowest BCUT2D eigenvalue weighted by Gasteiger charge is -2.20. The first-order valence-corrected chi connectivity index (χ1v) is 5.79. The smallest absolute Gasteiger partial charge is 0.229 e. The van der Waals surface area contributed by atoms with Crippen LogP contribution in [0.4, 0.5) is 0 Å². The normalized spacial score (nSPS) is 22.2. The van der Waals surface area contributed by atoms with E-state index in [1.165, 1.54) is 12.8 Å². The summed E-state index contributed by atoms with van der Waals surface area (Å²) in [4.78, 5) is 4.40. The Labute approximate surface area is 90.4 Å². The molecule has 0 aliphatic carbocycles. The molecule has 1 aliphatic rings. The molecular formula is C11H19N3O. The summed E-state index contributed by atoms with van der Waals surface area (Å²) in [6.45, 7) is 6.38. The largest absolute Gasteiger partial charge is 0.339 e. The molecule has 0 amide bonds. The van der Waals surface area contributed by atoms with E-state index in [1.54, 1.807) is 0 Å². The average molecular weight is 209 g/mol. The van der Waals surface area contributed by atoms with Gasteiger partial charge in [-0.25, -0.2) is 0 Å². The van der Waals surface area contributed by atoms with Crippen molar-refractivity contribution in [1.29, 1.82) is 0 Å². The Morgan fingerprint density at radius 2 is 2.40 bits per heavy atom. The number of aromatic nitrogens is 2. The Morgan fingerprint density at radius 1 is 1.53 bits per heavy atom. The van der Waals surface area contributed by atoms with Crippen molar-refractivity contribution >= 4 is 0 Å². The summed E-state index contributed by atoms with van der Waals surface area (Å²) >= 11 is 0. The van der Waals surface area contributed by atoms with Crippen molar-refractivity contribution in [3.8, 4) is 0 Å². The van der Waals surface area contributed by atoms with Gasteiger partial charge < -0.3 is 9.84 Å². The third-order valence-electron chi connectivity index (χ3n) is 2.85. The second kappa shape index (κ2) is 4.75. The van der Waals surface area contributed by atoms with Crippen LogP contribution in [0.2, 0.25) is 0 Å². The van der Waals surface area contributed by atoms with Crippen LogP contribution in [0.15, 0.2) is 4.52 Å². The van der Waals surface area contributed by atoms with Crippen molar-refractivity contribution in [2.45, 2.75) is 39.0 Å². The summed E-state index contributed by atoms with van der Waals surface area (Å²) in [5, 5.41) is 7.42. The van der Waals surface area contributed by atoms with Gasteiger partial charge in [-0.05, 0) is 31.8 Å². The quantitative estimate of drug-likeness (QED) is 0.823. The van der Waals surface area contributed by atoms with Gasteiger partial charge in [0, 0.05) is 12.3 Å². The molecule has 0 saturated carbocycles. The third-order valence-corrected chi connectivity index (χ3v) is 2.85. The van der Waals surface area contributed by atoms with E-state index in [0.29, 0.717) is 11.8 Å². The van der Waals surface area contributed by atoms with Gasteiger partial charge in [0.05, 0.1) is 0 Å². The van der Waals surface area contributed by atoms with Crippen molar-refractivity contribution in [2.75, 3.05) is 13.1 Å². The molecule has 1 aliphatic heterocycles. The van der Waals surface area contributed by atoms with E-state index in [0.717, 1.165) is 31.2 Å². The zero-order valence-corrected chi connectivity index (χ0v) is 9.49. The monoisotopic (exact) mass is 209 g/mol. The van der Waals surface area contributed by atoms with E-state index in [2.05, 4.69) is 29.3 Å². The molecule has 1 unspecified atom stereocenters. The first-order valence-electron chi connectivity index (χ1n) is 5.79. The SMILES string of the molecule is CC(C)c1nc(CC2CCCNC2)no1. The van der Waals surface area contributed by atoms with Gasteiger partial charge in [-0.2, -0.15) is 4.98 Å². The molecule has 1 aromatic rings. The molecule has 2 heterocycles. The minimum Gasteiger partial charge on any atom is -0.339 e. The van der Waals surface area contributed by atoms with Gasteiger partial charge in [-0.15, -0.1) is 0 Å². The molecular weight excluding hydrogens is 190 g/mol. The van der Waals surface area contributed by atoms with Crippen LogP contribution in [0.25, 0.3) is 0 Å². The summed E-state index contributed by atoms with van der Waals surface area (Å²) in [7, 11) is 0. The Kier molecular flexibility index (Phi) is 3.36. The standard InChI is InChI=1S/C11H19N3O/c1-8(2)11-13-10(14-15-11)6-9-4-3-5-12-7-9/h8-9,12H,3-7H2,1-2H3. The molecule has 1 aromatic heterocycles. The second-order valence-corrected chi connectivity index (χ2v) is 4.62. The summed E-state index contributed by atoms with van der Waals surface area (Å²) in [6.07, 6.45) is 3.49. The summed E-state index contributed by atoms with van der Waals surface area (Å²) in [5.41, 5.74) is 0. The molecule has 15 heavy (non-hydrogen) atoms. The van der Waals surface area contributed by atoms with E-state index in [-0.39, 0.29) is 0 Å². The minimum absolute atomic E-state index is 0.329. The van der Waals surface area contributed by atoms with Crippen LogP contribution in [-0.4, -0.2) is 23.2 Å². The molecule has 0 aromatic carbocycles. The topological polar surface area (TPSA) is 51.0 Å². The van der Waals surface area contributed by atoms with E-state index in [1.807, 2.05) is 0 Å². The zero-order chi connectivity index (χ0) is 10.7. The van der Waals surface area contributed by atoms with Gasteiger partial charge >= 0.3 is 0 Å².